The SMILES string of the molecule is CN(C(=O)CCc1nc(-c2ccco2)no1)C1CCc2ccccc21. The first-order valence-electron chi connectivity index (χ1n) is 8.42. The summed E-state index contributed by atoms with van der Waals surface area (Å²) in [6.07, 6.45) is 4.32. The van der Waals surface area contributed by atoms with E-state index in [1.54, 1.807) is 18.4 Å². The fourth-order valence-corrected chi connectivity index (χ4v) is 3.36. The smallest absolute Gasteiger partial charge is 0.238 e. The number of carbonyl (C=O) groups is 1. The van der Waals surface area contributed by atoms with Crippen molar-refractivity contribution < 1.29 is 13.7 Å². The van der Waals surface area contributed by atoms with Gasteiger partial charge in [-0.1, -0.05) is 29.4 Å². The second-order valence-corrected chi connectivity index (χ2v) is 6.25. The molecule has 0 saturated heterocycles. The van der Waals surface area contributed by atoms with E-state index in [-0.39, 0.29) is 11.9 Å². The minimum Gasteiger partial charge on any atom is -0.461 e. The molecule has 0 fully saturated rings. The average Bonchev–Trinajstić information content (AvgIpc) is 3.38. The lowest BCUT2D eigenvalue weighted by atomic mass is 10.1. The number of aromatic nitrogens is 2. The Morgan fingerprint density at radius 3 is 3.00 bits per heavy atom. The highest BCUT2D eigenvalue weighted by molar-refractivity contribution is 5.76. The van der Waals surface area contributed by atoms with E-state index in [9.17, 15) is 4.79 Å². The minimum atomic E-state index is 0.0828. The Kier molecular flexibility index (Phi) is 4.09. The number of fused-ring (bicyclic) bond motifs is 1. The van der Waals surface area contributed by atoms with Crippen LogP contribution in [0.4, 0.5) is 0 Å². The van der Waals surface area contributed by atoms with Gasteiger partial charge in [-0.2, -0.15) is 4.98 Å². The van der Waals surface area contributed by atoms with E-state index >= 15 is 0 Å². The third-order valence-electron chi connectivity index (χ3n) is 4.72. The summed E-state index contributed by atoms with van der Waals surface area (Å²) in [6.45, 7) is 0. The maximum absolute atomic E-state index is 12.6. The van der Waals surface area contributed by atoms with E-state index < -0.39 is 0 Å². The van der Waals surface area contributed by atoms with Gasteiger partial charge in [0.1, 0.15) is 0 Å². The fourth-order valence-electron chi connectivity index (χ4n) is 3.36. The van der Waals surface area contributed by atoms with Crippen LogP contribution in [0.15, 0.2) is 51.6 Å². The molecule has 0 saturated carbocycles. The molecule has 2 heterocycles. The van der Waals surface area contributed by atoms with E-state index in [4.69, 9.17) is 8.94 Å². The number of amides is 1. The Morgan fingerprint density at radius 1 is 1.28 bits per heavy atom. The fraction of sp³-hybridized carbons (Fsp3) is 0.316. The molecule has 0 N–H and O–H groups in total. The van der Waals surface area contributed by atoms with Crippen molar-refractivity contribution in [2.45, 2.75) is 31.7 Å². The Balaban J connectivity index is 1.38. The summed E-state index contributed by atoms with van der Waals surface area (Å²) in [5.74, 6) is 1.49. The van der Waals surface area contributed by atoms with Crippen LogP contribution in [0.2, 0.25) is 0 Å². The first kappa shape index (κ1) is 15.6. The molecule has 0 spiro atoms. The molecule has 128 valence electrons. The first-order valence-corrected chi connectivity index (χ1v) is 8.42. The van der Waals surface area contributed by atoms with Crippen LogP contribution in [-0.4, -0.2) is 28.0 Å². The summed E-state index contributed by atoms with van der Waals surface area (Å²) in [6, 6.07) is 12.0. The number of hydrogen-bond acceptors (Lipinski definition) is 5. The predicted octanol–water partition coefficient (Wildman–Crippen LogP) is 3.41. The zero-order valence-corrected chi connectivity index (χ0v) is 14.0. The van der Waals surface area contributed by atoms with Gasteiger partial charge in [0.05, 0.1) is 12.3 Å². The van der Waals surface area contributed by atoms with Gasteiger partial charge in [-0.25, -0.2) is 0 Å². The standard InChI is InChI=1S/C19H19N3O3/c1-22(15-9-8-13-5-2-3-6-14(13)15)18(23)11-10-17-20-19(21-25-17)16-7-4-12-24-16/h2-7,12,15H,8-11H2,1H3. The van der Waals surface area contributed by atoms with Gasteiger partial charge in [-0.05, 0) is 36.1 Å². The van der Waals surface area contributed by atoms with Gasteiger partial charge in [-0.3, -0.25) is 4.79 Å². The Bertz CT molecular complexity index is 870. The van der Waals surface area contributed by atoms with Crippen molar-refractivity contribution in [1.82, 2.24) is 15.0 Å². The number of aryl methyl sites for hydroxylation is 2. The molecule has 0 aliphatic heterocycles. The summed E-state index contributed by atoms with van der Waals surface area (Å²) in [4.78, 5) is 18.7. The molecule has 1 aliphatic rings. The van der Waals surface area contributed by atoms with Gasteiger partial charge in [-0.15, -0.1) is 0 Å². The number of nitrogens with zero attached hydrogens (tertiary/aromatic N) is 3. The van der Waals surface area contributed by atoms with Crippen LogP contribution in [0.5, 0.6) is 0 Å². The van der Waals surface area contributed by atoms with E-state index in [2.05, 4.69) is 28.3 Å². The van der Waals surface area contributed by atoms with Crippen molar-refractivity contribution in [2.75, 3.05) is 7.05 Å². The Morgan fingerprint density at radius 2 is 2.16 bits per heavy atom. The topological polar surface area (TPSA) is 72.4 Å². The quantitative estimate of drug-likeness (QED) is 0.713. The molecule has 0 bridgehead atoms. The summed E-state index contributed by atoms with van der Waals surface area (Å²) < 4.78 is 10.4. The molecule has 1 aliphatic carbocycles. The molecule has 0 radical (unpaired) electrons. The van der Waals surface area contributed by atoms with Crippen LogP contribution in [0.25, 0.3) is 11.6 Å². The third kappa shape index (κ3) is 3.07. The van der Waals surface area contributed by atoms with E-state index in [0.717, 1.165) is 12.8 Å². The van der Waals surface area contributed by atoms with Crippen LogP contribution in [0.3, 0.4) is 0 Å². The lowest BCUT2D eigenvalue weighted by molar-refractivity contribution is -0.132. The second kappa shape index (κ2) is 6.55. The maximum atomic E-state index is 12.6. The molecule has 2 aromatic heterocycles. The molecule has 3 aromatic rings. The van der Waals surface area contributed by atoms with Crippen molar-refractivity contribution in [3.05, 3.63) is 59.7 Å². The second-order valence-electron chi connectivity index (χ2n) is 6.25. The molecule has 1 aromatic carbocycles. The van der Waals surface area contributed by atoms with Gasteiger partial charge in [0.15, 0.2) is 5.76 Å². The highest BCUT2D eigenvalue weighted by Crippen LogP contribution is 2.35. The van der Waals surface area contributed by atoms with Gasteiger partial charge in [0.25, 0.3) is 0 Å². The molecular weight excluding hydrogens is 318 g/mol. The average molecular weight is 337 g/mol. The Hall–Kier alpha value is -2.89. The van der Waals surface area contributed by atoms with Crippen molar-refractivity contribution in [3.63, 3.8) is 0 Å². The normalized spacial score (nSPS) is 16.0. The predicted molar refractivity (Wildman–Crippen MR) is 90.6 cm³/mol. The molecule has 1 amide bonds. The highest BCUT2D eigenvalue weighted by atomic mass is 16.5. The van der Waals surface area contributed by atoms with Crippen molar-refractivity contribution >= 4 is 5.91 Å². The zero-order valence-electron chi connectivity index (χ0n) is 14.0. The molecule has 25 heavy (non-hydrogen) atoms. The monoisotopic (exact) mass is 337 g/mol. The van der Waals surface area contributed by atoms with E-state index in [1.807, 2.05) is 18.0 Å². The number of carbonyl (C=O) groups excluding carboxylic acids is 1. The highest BCUT2D eigenvalue weighted by Gasteiger charge is 2.28. The number of hydrogen-bond donors (Lipinski definition) is 0. The van der Waals surface area contributed by atoms with Gasteiger partial charge in [0.2, 0.25) is 17.6 Å². The van der Waals surface area contributed by atoms with Crippen LogP contribution in [-0.2, 0) is 17.6 Å². The van der Waals surface area contributed by atoms with E-state index in [0.29, 0.717) is 30.3 Å². The molecule has 6 nitrogen and oxygen atoms in total. The van der Waals surface area contributed by atoms with Crippen LogP contribution >= 0.6 is 0 Å². The first-order chi connectivity index (χ1) is 12.2. The molecule has 1 atom stereocenters. The van der Waals surface area contributed by atoms with Crippen molar-refractivity contribution in [3.8, 4) is 11.6 Å². The summed E-state index contributed by atoms with van der Waals surface area (Å²) in [5, 5.41) is 3.88. The maximum Gasteiger partial charge on any atom is 0.238 e. The summed E-state index contributed by atoms with van der Waals surface area (Å²) >= 11 is 0. The zero-order chi connectivity index (χ0) is 17.2. The molecule has 1 unspecified atom stereocenters. The number of benzene rings is 1. The van der Waals surface area contributed by atoms with Gasteiger partial charge in [0, 0.05) is 19.9 Å². The van der Waals surface area contributed by atoms with Crippen molar-refractivity contribution in [1.29, 1.82) is 0 Å². The van der Waals surface area contributed by atoms with Crippen LogP contribution in [0.1, 0.15) is 35.9 Å². The molecule has 6 heteroatoms. The van der Waals surface area contributed by atoms with Crippen LogP contribution in [0, 0.1) is 0 Å². The van der Waals surface area contributed by atoms with Crippen molar-refractivity contribution in [2.24, 2.45) is 0 Å². The van der Waals surface area contributed by atoms with Gasteiger partial charge < -0.3 is 13.8 Å². The third-order valence-corrected chi connectivity index (χ3v) is 4.72. The number of rotatable bonds is 5. The van der Waals surface area contributed by atoms with Crippen LogP contribution < -0.4 is 0 Å². The largest absolute Gasteiger partial charge is 0.461 e. The lowest BCUT2D eigenvalue weighted by Crippen LogP contribution is -2.30. The van der Waals surface area contributed by atoms with E-state index in [1.165, 1.54) is 11.1 Å². The number of furan rings is 1. The summed E-state index contributed by atoms with van der Waals surface area (Å²) in [5.41, 5.74) is 2.60. The minimum absolute atomic E-state index is 0.0828. The van der Waals surface area contributed by atoms with Gasteiger partial charge >= 0.3 is 0 Å². The Labute approximate surface area is 145 Å². The summed E-state index contributed by atoms with van der Waals surface area (Å²) in [7, 11) is 1.87. The molecular formula is C19H19N3O3. The molecule has 4 rings (SSSR count). The lowest BCUT2D eigenvalue weighted by Gasteiger charge is -2.25.